The standard InChI is InChI=1S/C26H24F4/c1-16-5-14-22(26(30)24(16)28)20-12-8-18(9-13-20)15-17-6-10-19(11-7-17)21-3-2-4-23(27)25(21)29/h2-5,8-9,12-14,17,19H,6-7,10-11,15H2,1H3. The second kappa shape index (κ2) is 8.63. The van der Waals surface area contributed by atoms with Gasteiger partial charge in [0, 0.05) is 5.56 Å². The highest BCUT2D eigenvalue weighted by Gasteiger charge is 2.25. The molecule has 3 aromatic carbocycles. The van der Waals surface area contributed by atoms with E-state index in [2.05, 4.69) is 0 Å². The molecule has 1 saturated carbocycles. The van der Waals surface area contributed by atoms with Crippen LogP contribution in [0.3, 0.4) is 0 Å². The first-order valence-electron chi connectivity index (χ1n) is 10.4. The van der Waals surface area contributed by atoms with Gasteiger partial charge in [0.25, 0.3) is 0 Å². The lowest BCUT2D eigenvalue weighted by atomic mass is 9.76. The van der Waals surface area contributed by atoms with Crippen molar-refractivity contribution >= 4 is 0 Å². The molecule has 1 fully saturated rings. The quantitative estimate of drug-likeness (QED) is 0.385. The third kappa shape index (κ3) is 4.14. The van der Waals surface area contributed by atoms with Gasteiger partial charge >= 0.3 is 0 Å². The monoisotopic (exact) mass is 412 g/mol. The molecule has 0 unspecified atom stereocenters. The van der Waals surface area contributed by atoms with E-state index in [1.807, 2.05) is 24.3 Å². The third-order valence-corrected chi connectivity index (χ3v) is 6.33. The van der Waals surface area contributed by atoms with Gasteiger partial charge in [-0.15, -0.1) is 0 Å². The Bertz CT molecular complexity index is 1030. The number of hydrogen-bond donors (Lipinski definition) is 0. The predicted octanol–water partition coefficient (Wildman–Crippen LogP) is 7.73. The van der Waals surface area contributed by atoms with Crippen molar-refractivity contribution < 1.29 is 17.6 Å². The summed E-state index contributed by atoms with van der Waals surface area (Å²) >= 11 is 0. The molecule has 0 heterocycles. The van der Waals surface area contributed by atoms with E-state index in [-0.39, 0.29) is 11.5 Å². The summed E-state index contributed by atoms with van der Waals surface area (Å²) in [6.45, 7) is 1.54. The molecule has 156 valence electrons. The van der Waals surface area contributed by atoms with Gasteiger partial charge in [0.2, 0.25) is 0 Å². The normalized spacial score (nSPS) is 19.1. The number of hydrogen-bond acceptors (Lipinski definition) is 0. The van der Waals surface area contributed by atoms with Crippen LogP contribution in [0.4, 0.5) is 17.6 Å². The van der Waals surface area contributed by atoms with Crippen LogP contribution in [0.15, 0.2) is 54.6 Å². The second-order valence-corrected chi connectivity index (χ2v) is 8.32. The molecular weight excluding hydrogens is 388 g/mol. The predicted molar refractivity (Wildman–Crippen MR) is 111 cm³/mol. The highest BCUT2D eigenvalue weighted by Crippen LogP contribution is 2.38. The van der Waals surface area contributed by atoms with E-state index < -0.39 is 23.3 Å². The van der Waals surface area contributed by atoms with Crippen LogP contribution in [0.1, 0.15) is 48.3 Å². The molecule has 4 rings (SSSR count). The van der Waals surface area contributed by atoms with Crippen LogP contribution in [-0.2, 0) is 6.42 Å². The zero-order valence-corrected chi connectivity index (χ0v) is 16.9. The van der Waals surface area contributed by atoms with Crippen LogP contribution in [-0.4, -0.2) is 0 Å². The van der Waals surface area contributed by atoms with Gasteiger partial charge in [0.1, 0.15) is 0 Å². The van der Waals surface area contributed by atoms with Gasteiger partial charge in [-0.3, -0.25) is 0 Å². The van der Waals surface area contributed by atoms with E-state index in [1.165, 1.54) is 0 Å². The zero-order chi connectivity index (χ0) is 21.3. The molecule has 30 heavy (non-hydrogen) atoms. The molecule has 0 amide bonds. The van der Waals surface area contributed by atoms with E-state index in [9.17, 15) is 17.6 Å². The van der Waals surface area contributed by atoms with Crippen molar-refractivity contribution in [3.05, 3.63) is 94.6 Å². The Labute approximate surface area is 174 Å². The van der Waals surface area contributed by atoms with E-state index in [0.29, 0.717) is 22.6 Å². The largest absolute Gasteiger partial charge is 0.204 e. The summed E-state index contributed by atoms with van der Waals surface area (Å²) in [5, 5.41) is 0. The summed E-state index contributed by atoms with van der Waals surface area (Å²) in [6, 6.07) is 15.2. The molecule has 0 aromatic heterocycles. The number of rotatable bonds is 4. The van der Waals surface area contributed by atoms with Crippen LogP contribution in [0.25, 0.3) is 11.1 Å². The minimum absolute atomic E-state index is 0.0683. The molecule has 0 radical (unpaired) electrons. The Morgan fingerprint density at radius 1 is 0.733 bits per heavy atom. The van der Waals surface area contributed by atoms with E-state index in [1.54, 1.807) is 31.2 Å². The first kappa shape index (κ1) is 20.6. The molecular formula is C26H24F4. The molecule has 4 heteroatoms. The maximum Gasteiger partial charge on any atom is 0.166 e. The van der Waals surface area contributed by atoms with Gasteiger partial charge in [-0.2, -0.15) is 0 Å². The summed E-state index contributed by atoms with van der Waals surface area (Å²) in [7, 11) is 0. The highest BCUT2D eigenvalue weighted by molar-refractivity contribution is 5.65. The van der Waals surface area contributed by atoms with Crippen molar-refractivity contribution in [3.8, 4) is 11.1 Å². The fraction of sp³-hybridized carbons (Fsp3) is 0.308. The lowest BCUT2D eigenvalue weighted by Gasteiger charge is -2.29. The van der Waals surface area contributed by atoms with E-state index >= 15 is 0 Å². The average Bonchev–Trinajstić information content (AvgIpc) is 2.76. The minimum Gasteiger partial charge on any atom is -0.204 e. The van der Waals surface area contributed by atoms with Gasteiger partial charge < -0.3 is 0 Å². The number of benzene rings is 3. The molecule has 0 atom stereocenters. The Morgan fingerprint density at radius 3 is 2.13 bits per heavy atom. The SMILES string of the molecule is Cc1ccc(-c2ccc(CC3CCC(c4cccc(F)c4F)CC3)cc2)c(F)c1F. The molecule has 0 saturated heterocycles. The van der Waals surface area contributed by atoms with Gasteiger partial charge in [0.05, 0.1) is 0 Å². The number of halogens is 4. The van der Waals surface area contributed by atoms with Crippen molar-refractivity contribution in [2.75, 3.05) is 0 Å². The second-order valence-electron chi connectivity index (χ2n) is 8.32. The Kier molecular flexibility index (Phi) is 5.94. The average molecular weight is 412 g/mol. The van der Waals surface area contributed by atoms with Gasteiger partial charge in [-0.25, -0.2) is 17.6 Å². The molecule has 0 nitrogen and oxygen atoms in total. The van der Waals surface area contributed by atoms with Crippen molar-refractivity contribution in [1.29, 1.82) is 0 Å². The molecule has 1 aliphatic rings. The van der Waals surface area contributed by atoms with Crippen LogP contribution >= 0.6 is 0 Å². The van der Waals surface area contributed by atoms with Gasteiger partial charge in [0.15, 0.2) is 23.3 Å². The summed E-state index contributed by atoms with van der Waals surface area (Å²) in [5.41, 5.74) is 2.85. The maximum absolute atomic E-state index is 14.2. The molecule has 1 aliphatic carbocycles. The summed E-state index contributed by atoms with van der Waals surface area (Å²) in [5.74, 6) is -2.55. The first-order valence-corrected chi connectivity index (χ1v) is 10.4. The smallest absolute Gasteiger partial charge is 0.166 e. The molecule has 0 N–H and O–H groups in total. The van der Waals surface area contributed by atoms with Crippen LogP contribution in [0.5, 0.6) is 0 Å². The van der Waals surface area contributed by atoms with Crippen LogP contribution in [0.2, 0.25) is 0 Å². The summed E-state index contributed by atoms with van der Waals surface area (Å²) < 4.78 is 55.6. The third-order valence-electron chi connectivity index (χ3n) is 6.33. The lowest BCUT2D eigenvalue weighted by molar-refractivity contribution is 0.318. The summed E-state index contributed by atoms with van der Waals surface area (Å²) in [4.78, 5) is 0. The maximum atomic E-state index is 14.2. The Hall–Kier alpha value is -2.62. The summed E-state index contributed by atoms with van der Waals surface area (Å²) in [6.07, 6.45) is 4.50. The van der Waals surface area contributed by atoms with Crippen molar-refractivity contribution in [1.82, 2.24) is 0 Å². The van der Waals surface area contributed by atoms with E-state index in [0.717, 1.165) is 43.7 Å². The zero-order valence-electron chi connectivity index (χ0n) is 16.9. The molecule has 3 aromatic rings. The highest BCUT2D eigenvalue weighted by atomic mass is 19.2. The van der Waals surface area contributed by atoms with Crippen molar-refractivity contribution in [2.45, 2.75) is 44.9 Å². The fourth-order valence-corrected chi connectivity index (χ4v) is 4.54. The Balaban J connectivity index is 1.39. The van der Waals surface area contributed by atoms with E-state index in [4.69, 9.17) is 0 Å². The van der Waals surface area contributed by atoms with Crippen molar-refractivity contribution in [2.24, 2.45) is 5.92 Å². The first-order chi connectivity index (χ1) is 14.4. The molecule has 0 aliphatic heterocycles. The Morgan fingerprint density at radius 2 is 1.43 bits per heavy atom. The van der Waals surface area contributed by atoms with Gasteiger partial charge in [-0.1, -0.05) is 48.5 Å². The number of aryl methyl sites for hydroxylation is 1. The molecule has 0 spiro atoms. The van der Waals surface area contributed by atoms with Crippen LogP contribution in [0, 0.1) is 36.1 Å². The fourth-order valence-electron chi connectivity index (χ4n) is 4.54. The van der Waals surface area contributed by atoms with Crippen LogP contribution < -0.4 is 0 Å². The minimum atomic E-state index is -0.814. The topological polar surface area (TPSA) is 0 Å². The molecule has 0 bridgehead atoms. The van der Waals surface area contributed by atoms with Gasteiger partial charge in [-0.05, 0) is 79.2 Å². The lowest BCUT2D eigenvalue weighted by Crippen LogP contribution is -2.16. The van der Waals surface area contributed by atoms with Crippen molar-refractivity contribution in [3.63, 3.8) is 0 Å².